The summed E-state index contributed by atoms with van der Waals surface area (Å²) in [6.45, 7) is 3.96. The van der Waals surface area contributed by atoms with Crippen molar-refractivity contribution in [1.29, 1.82) is 0 Å². The Morgan fingerprint density at radius 2 is 1.62 bits per heavy atom. The van der Waals surface area contributed by atoms with Crippen LogP contribution in [0.15, 0.2) is 0 Å². The van der Waals surface area contributed by atoms with Crippen molar-refractivity contribution < 1.29 is 19.7 Å². The predicted molar refractivity (Wildman–Crippen MR) is 63.5 cm³/mol. The molecule has 0 rings (SSSR count). The van der Waals surface area contributed by atoms with Gasteiger partial charge in [-0.05, 0) is 6.42 Å². The van der Waals surface area contributed by atoms with Gasteiger partial charge in [0.25, 0.3) is 0 Å². The van der Waals surface area contributed by atoms with E-state index in [-0.39, 0.29) is 13.2 Å². The van der Waals surface area contributed by atoms with Gasteiger partial charge in [-0.3, -0.25) is 0 Å². The summed E-state index contributed by atoms with van der Waals surface area (Å²) < 4.78 is 10.5. The SMILES string of the molecule is CCCCCCCOCCOCC(O)CO. The molecular formula is C12H26O4. The van der Waals surface area contributed by atoms with Crippen molar-refractivity contribution in [2.75, 3.05) is 33.0 Å². The van der Waals surface area contributed by atoms with Crippen LogP contribution in [0.25, 0.3) is 0 Å². The maximum absolute atomic E-state index is 8.97. The molecular weight excluding hydrogens is 208 g/mol. The van der Waals surface area contributed by atoms with Crippen LogP contribution in [0.1, 0.15) is 39.0 Å². The maximum atomic E-state index is 8.97. The van der Waals surface area contributed by atoms with E-state index in [1.165, 1.54) is 25.7 Å². The number of aliphatic hydroxyl groups is 2. The third-order valence-corrected chi connectivity index (χ3v) is 2.29. The van der Waals surface area contributed by atoms with Crippen LogP contribution in [-0.4, -0.2) is 49.4 Å². The van der Waals surface area contributed by atoms with Crippen LogP contribution in [0.3, 0.4) is 0 Å². The van der Waals surface area contributed by atoms with Gasteiger partial charge in [0.2, 0.25) is 0 Å². The Morgan fingerprint density at radius 1 is 0.938 bits per heavy atom. The molecule has 0 fully saturated rings. The van der Waals surface area contributed by atoms with E-state index in [0.29, 0.717) is 13.2 Å². The van der Waals surface area contributed by atoms with E-state index in [4.69, 9.17) is 19.7 Å². The summed E-state index contributed by atoms with van der Waals surface area (Å²) in [5.41, 5.74) is 0. The summed E-state index contributed by atoms with van der Waals surface area (Å²) in [6, 6.07) is 0. The molecule has 0 amide bonds. The third kappa shape index (κ3) is 11.9. The van der Waals surface area contributed by atoms with Crippen molar-refractivity contribution in [3.8, 4) is 0 Å². The van der Waals surface area contributed by atoms with Gasteiger partial charge >= 0.3 is 0 Å². The highest BCUT2D eigenvalue weighted by molar-refractivity contribution is 4.48. The van der Waals surface area contributed by atoms with Gasteiger partial charge in [-0.25, -0.2) is 0 Å². The minimum absolute atomic E-state index is 0.177. The van der Waals surface area contributed by atoms with E-state index >= 15 is 0 Å². The molecule has 0 bridgehead atoms. The molecule has 4 heteroatoms. The van der Waals surface area contributed by atoms with Gasteiger partial charge in [0.15, 0.2) is 0 Å². The van der Waals surface area contributed by atoms with E-state index in [1.54, 1.807) is 0 Å². The Morgan fingerprint density at radius 3 is 2.31 bits per heavy atom. The molecule has 98 valence electrons. The minimum Gasteiger partial charge on any atom is -0.394 e. The van der Waals surface area contributed by atoms with Crippen LogP contribution in [0.5, 0.6) is 0 Å². The first-order valence-corrected chi connectivity index (χ1v) is 6.25. The molecule has 0 aromatic heterocycles. The average molecular weight is 234 g/mol. The van der Waals surface area contributed by atoms with E-state index in [9.17, 15) is 0 Å². The summed E-state index contributed by atoms with van der Waals surface area (Å²) in [5, 5.41) is 17.5. The van der Waals surface area contributed by atoms with Crippen LogP contribution in [0, 0.1) is 0 Å². The number of aliphatic hydroxyl groups excluding tert-OH is 2. The normalized spacial score (nSPS) is 12.9. The number of unbranched alkanes of at least 4 members (excludes halogenated alkanes) is 4. The second-order valence-corrected chi connectivity index (χ2v) is 3.94. The maximum Gasteiger partial charge on any atom is 0.100 e. The van der Waals surface area contributed by atoms with E-state index < -0.39 is 6.10 Å². The fraction of sp³-hybridized carbons (Fsp3) is 1.00. The molecule has 1 unspecified atom stereocenters. The molecule has 2 N–H and O–H groups in total. The summed E-state index contributed by atoms with van der Waals surface area (Å²) in [5.74, 6) is 0. The lowest BCUT2D eigenvalue weighted by Gasteiger charge is -2.08. The summed E-state index contributed by atoms with van der Waals surface area (Å²) in [7, 11) is 0. The van der Waals surface area contributed by atoms with Crippen LogP contribution < -0.4 is 0 Å². The first kappa shape index (κ1) is 15.8. The molecule has 0 aliphatic carbocycles. The summed E-state index contributed by atoms with van der Waals surface area (Å²) in [6.07, 6.45) is 5.44. The highest BCUT2D eigenvalue weighted by atomic mass is 16.5. The highest BCUT2D eigenvalue weighted by Gasteiger charge is 2.00. The highest BCUT2D eigenvalue weighted by Crippen LogP contribution is 2.02. The second-order valence-electron chi connectivity index (χ2n) is 3.94. The molecule has 0 spiro atoms. The molecule has 0 aliphatic rings. The zero-order valence-electron chi connectivity index (χ0n) is 10.4. The second kappa shape index (κ2) is 12.9. The first-order chi connectivity index (χ1) is 7.81. The first-order valence-electron chi connectivity index (χ1n) is 6.25. The molecule has 0 saturated carbocycles. The molecule has 0 aliphatic heterocycles. The fourth-order valence-electron chi connectivity index (χ4n) is 1.30. The number of hydrogen-bond donors (Lipinski definition) is 2. The zero-order chi connectivity index (χ0) is 12.1. The van der Waals surface area contributed by atoms with Crippen molar-refractivity contribution in [1.82, 2.24) is 0 Å². The number of ether oxygens (including phenoxy) is 2. The zero-order valence-corrected chi connectivity index (χ0v) is 10.4. The van der Waals surface area contributed by atoms with Crippen molar-refractivity contribution in [3.63, 3.8) is 0 Å². The third-order valence-electron chi connectivity index (χ3n) is 2.29. The molecule has 4 nitrogen and oxygen atoms in total. The molecule has 0 aromatic carbocycles. The van der Waals surface area contributed by atoms with E-state index in [1.807, 2.05) is 0 Å². The van der Waals surface area contributed by atoms with Gasteiger partial charge < -0.3 is 19.7 Å². The molecule has 0 radical (unpaired) electrons. The van der Waals surface area contributed by atoms with Gasteiger partial charge in [-0.15, -0.1) is 0 Å². The predicted octanol–water partition coefficient (Wildman–Crippen LogP) is 1.34. The largest absolute Gasteiger partial charge is 0.394 e. The Balaban J connectivity index is 2.93. The van der Waals surface area contributed by atoms with Crippen molar-refractivity contribution in [2.45, 2.75) is 45.1 Å². The lowest BCUT2D eigenvalue weighted by Crippen LogP contribution is -2.20. The van der Waals surface area contributed by atoms with Gasteiger partial charge in [0.05, 0.1) is 26.4 Å². The van der Waals surface area contributed by atoms with Crippen molar-refractivity contribution in [2.24, 2.45) is 0 Å². The summed E-state index contributed by atoms with van der Waals surface area (Å²) in [4.78, 5) is 0. The van der Waals surface area contributed by atoms with Gasteiger partial charge in [0.1, 0.15) is 6.10 Å². The smallest absolute Gasteiger partial charge is 0.100 e. The monoisotopic (exact) mass is 234 g/mol. The molecule has 0 aromatic rings. The molecule has 16 heavy (non-hydrogen) atoms. The number of hydrogen-bond acceptors (Lipinski definition) is 4. The Bertz CT molecular complexity index is 130. The Kier molecular flexibility index (Phi) is 12.8. The Hall–Kier alpha value is -0.160. The average Bonchev–Trinajstić information content (AvgIpc) is 2.31. The van der Waals surface area contributed by atoms with Gasteiger partial charge in [-0.2, -0.15) is 0 Å². The van der Waals surface area contributed by atoms with Crippen molar-refractivity contribution in [3.05, 3.63) is 0 Å². The van der Waals surface area contributed by atoms with Crippen LogP contribution in [0.2, 0.25) is 0 Å². The lowest BCUT2D eigenvalue weighted by molar-refractivity contribution is -0.0150. The molecule has 1 atom stereocenters. The van der Waals surface area contributed by atoms with Crippen LogP contribution >= 0.6 is 0 Å². The van der Waals surface area contributed by atoms with Crippen LogP contribution in [0.4, 0.5) is 0 Å². The molecule has 0 heterocycles. The Labute approximate surface area is 98.6 Å². The van der Waals surface area contributed by atoms with E-state index in [0.717, 1.165) is 13.0 Å². The summed E-state index contributed by atoms with van der Waals surface area (Å²) >= 11 is 0. The minimum atomic E-state index is -0.769. The quantitative estimate of drug-likeness (QED) is 0.500. The van der Waals surface area contributed by atoms with Gasteiger partial charge in [-0.1, -0.05) is 32.6 Å². The van der Waals surface area contributed by atoms with Crippen molar-refractivity contribution >= 4 is 0 Å². The van der Waals surface area contributed by atoms with Gasteiger partial charge in [0, 0.05) is 6.61 Å². The lowest BCUT2D eigenvalue weighted by atomic mass is 10.2. The standard InChI is InChI=1S/C12H26O4/c1-2-3-4-5-6-7-15-8-9-16-11-12(14)10-13/h12-14H,2-11H2,1H3. The molecule has 0 saturated heterocycles. The number of rotatable bonds is 12. The van der Waals surface area contributed by atoms with Crippen LogP contribution in [-0.2, 0) is 9.47 Å². The fourth-order valence-corrected chi connectivity index (χ4v) is 1.30. The topological polar surface area (TPSA) is 58.9 Å². The van der Waals surface area contributed by atoms with E-state index in [2.05, 4.69) is 6.92 Å².